The minimum absolute atomic E-state index is 0.0891. The molecule has 21 heavy (non-hydrogen) atoms. The van der Waals surface area contributed by atoms with E-state index in [1.807, 2.05) is 25.1 Å². The molecule has 0 aliphatic heterocycles. The van der Waals surface area contributed by atoms with E-state index in [0.717, 1.165) is 22.9 Å². The van der Waals surface area contributed by atoms with Gasteiger partial charge in [-0.3, -0.25) is 4.79 Å². The third-order valence-electron chi connectivity index (χ3n) is 3.51. The van der Waals surface area contributed by atoms with Gasteiger partial charge in [0.15, 0.2) is 0 Å². The Labute approximate surface area is 134 Å². The summed E-state index contributed by atoms with van der Waals surface area (Å²) in [5, 5.41) is 4.52. The lowest BCUT2D eigenvalue weighted by atomic mass is 10.1. The predicted octanol–water partition coefficient (Wildman–Crippen LogP) is 4.84. The monoisotopic (exact) mass is 324 g/mol. The highest BCUT2D eigenvalue weighted by Gasteiger charge is 2.18. The third kappa shape index (κ3) is 3.89. The molecule has 0 bridgehead atoms. The summed E-state index contributed by atoms with van der Waals surface area (Å²) < 4.78 is 0.987. The second-order valence-corrected chi connectivity index (χ2v) is 6.84. The van der Waals surface area contributed by atoms with Crippen LogP contribution in [0.5, 0.6) is 0 Å². The molecule has 1 aromatic heterocycles. The SMILES string of the molecule is CCCCCC(C)NC(=O)c1sc2ccc(Cl)cc2c1N. The van der Waals surface area contributed by atoms with E-state index in [9.17, 15) is 4.79 Å². The first-order valence-electron chi connectivity index (χ1n) is 7.31. The number of halogens is 1. The van der Waals surface area contributed by atoms with Gasteiger partial charge in [0.1, 0.15) is 4.88 Å². The topological polar surface area (TPSA) is 55.1 Å². The van der Waals surface area contributed by atoms with Gasteiger partial charge >= 0.3 is 0 Å². The van der Waals surface area contributed by atoms with Crippen molar-refractivity contribution in [3.05, 3.63) is 28.1 Å². The van der Waals surface area contributed by atoms with Crippen LogP contribution in [0.1, 0.15) is 49.2 Å². The zero-order chi connectivity index (χ0) is 15.4. The van der Waals surface area contributed by atoms with Crippen LogP contribution in [0.2, 0.25) is 5.02 Å². The molecule has 1 unspecified atom stereocenters. The lowest BCUT2D eigenvalue weighted by Gasteiger charge is -2.13. The van der Waals surface area contributed by atoms with Gasteiger partial charge in [0, 0.05) is 21.2 Å². The van der Waals surface area contributed by atoms with Crippen molar-refractivity contribution in [3.63, 3.8) is 0 Å². The van der Waals surface area contributed by atoms with Crippen molar-refractivity contribution in [1.82, 2.24) is 5.32 Å². The van der Waals surface area contributed by atoms with Gasteiger partial charge in [-0.15, -0.1) is 11.3 Å². The lowest BCUT2D eigenvalue weighted by Crippen LogP contribution is -2.32. The number of hydrogen-bond donors (Lipinski definition) is 2. The van der Waals surface area contributed by atoms with Crippen LogP contribution in [0.4, 0.5) is 5.69 Å². The van der Waals surface area contributed by atoms with Crippen LogP contribution in [-0.4, -0.2) is 11.9 Å². The van der Waals surface area contributed by atoms with Crippen LogP contribution in [0.15, 0.2) is 18.2 Å². The summed E-state index contributed by atoms with van der Waals surface area (Å²) in [6, 6.07) is 5.69. The number of nitrogens with one attached hydrogen (secondary N) is 1. The second-order valence-electron chi connectivity index (χ2n) is 5.36. The third-order valence-corrected chi connectivity index (χ3v) is 4.93. The van der Waals surface area contributed by atoms with Gasteiger partial charge in [0.05, 0.1) is 5.69 Å². The lowest BCUT2D eigenvalue weighted by molar-refractivity contribution is 0.0943. The predicted molar refractivity (Wildman–Crippen MR) is 92.3 cm³/mol. The van der Waals surface area contributed by atoms with E-state index in [1.54, 1.807) is 0 Å². The summed E-state index contributed by atoms with van der Waals surface area (Å²) in [5.74, 6) is -0.0891. The standard InChI is InChI=1S/C16H21ClN2OS/c1-3-4-5-6-10(2)19-16(20)15-14(18)12-9-11(17)7-8-13(12)21-15/h7-10H,3-6,18H2,1-2H3,(H,19,20). The molecule has 0 saturated carbocycles. The van der Waals surface area contributed by atoms with Crippen molar-refractivity contribution in [3.8, 4) is 0 Å². The van der Waals surface area contributed by atoms with E-state index >= 15 is 0 Å². The van der Waals surface area contributed by atoms with E-state index in [-0.39, 0.29) is 11.9 Å². The van der Waals surface area contributed by atoms with Crippen molar-refractivity contribution >= 4 is 44.6 Å². The second kappa shape index (κ2) is 7.14. The fourth-order valence-electron chi connectivity index (χ4n) is 2.32. The van der Waals surface area contributed by atoms with Gasteiger partial charge in [-0.1, -0.05) is 37.8 Å². The molecular weight excluding hydrogens is 304 g/mol. The molecule has 1 amide bonds. The first-order chi connectivity index (χ1) is 10.0. The Kier molecular flexibility index (Phi) is 5.48. The summed E-state index contributed by atoms with van der Waals surface area (Å²) in [5.41, 5.74) is 6.62. The molecule has 5 heteroatoms. The van der Waals surface area contributed by atoms with Gasteiger partial charge in [0.25, 0.3) is 5.91 Å². The number of benzene rings is 1. The van der Waals surface area contributed by atoms with E-state index in [4.69, 9.17) is 17.3 Å². The van der Waals surface area contributed by atoms with Crippen LogP contribution in [0.3, 0.4) is 0 Å². The molecule has 1 atom stereocenters. The van der Waals surface area contributed by atoms with Crippen LogP contribution in [0.25, 0.3) is 10.1 Å². The van der Waals surface area contributed by atoms with E-state index in [1.165, 1.54) is 24.2 Å². The molecule has 3 N–H and O–H groups in total. The quantitative estimate of drug-likeness (QED) is 0.747. The molecule has 1 heterocycles. The summed E-state index contributed by atoms with van der Waals surface area (Å²) in [4.78, 5) is 12.9. The van der Waals surface area contributed by atoms with Crippen LogP contribution >= 0.6 is 22.9 Å². The normalized spacial score (nSPS) is 12.5. The maximum Gasteiger partial charge on any atom is 0.263 e. The highest BCUT2D eigenvalue weighted by atomic mass is 35.5. The summed E-state index contributed by atoms with van der Waals surface area (Å²) in [6.07, 6.45) is 4.51. The van der Waals surface area contributed by atoms with E-state index < -0.39 is 0 Å². The van der Waals surface area contributed by atoms with Crippen LogP contribution < -0.4 is 11.1 Å². The summed E-state index contributed by atoms with van der Waals surface area (Å²) in [6.45, 7) is 4.21. The number of amides is 1. The Hall–Kier alpha value is -1.26. The van der Waals surface area contributed by atoms with E-state index in [2.05, 4.69) is 12.2 Å². The largest absolute Gasteiger partial charge is 0.397 e. The number of unbranched alkanes of at least 4 members (excludes halogenated alkanes) is 2. The number of hydrogen-bond acceptors (Lipinski definition) is 3. The number of thiophene rings is 1. The minimum atomic E-state index is -0.0891. The zero-order valence-electron chi connectivity index (χ0n) is 12.4. The number of nitrogen functional groups attached to an aromatic ring is 1. The fraction of sp³-hybridized carbons (Fsp3) is 0.438. The van der Waals surface area contributed by atoms with Crippen molar-refractivity contribution in [2.24, 2.45) is 0 Å². The van der Waals surface area contributed by atoms with Gasteiger partial charge < -0.3 is 11.1 Å². The van der Waals surface area contributed by atoms with Crippen molar-refractivity contribution in [2.75, 3.05) is 5.73 Å². The number of carbonyl (C=O) groups excluding carboxylic acids is 1. The van der Waals surface area contributed by atoms with Crippen LogP contribution in [-0.2, 0) is 0 Å². The molecule has 0 saturated heterocycles. The smallest absolute Gasteiger partial charge is 0.263 e. The Bertz CT molecular complexity index is 638. The number of carbonyl (C=O) groups is 1. The molecular formula is C16H21ClN2OS. The molecule has 2 rings (SSSR count). The van der Waals surface area contributed by atoms with Gasteiger partial charge in [-0.25, -0.2) is 0 Å². The first kappa shape index (κ1) is 16.1. The van der Waals surface area contributed by atoms with Gasteiger partial charge in [0.2, 0.25) is 0 Å². The Morgan fingerprint density at radius 3 is 2.90 bits per heavy atom. The molecule has 0 aliphatic rings. The average molecular weight is 325 g/mol. The highest BCUT2D eigenvalue weighted by molar-refractivity contribution is 7.21. The minimum Gasteiger partial charge on any atom is -0.397 e. The maximum absolute atomic E-state index is 12.3. The average Bonchev–Trinajstić information content (AvgIpc) is 2.76. The molecule has 2 aromatic rings. The number of rotatable bonds is 6. The number of fused-ring (bicyclic) bond motifs is 1. The molecule has 0 aliphatic carbocycles. The Morgan fingerprint density at radius 1 is 1.43 bits per heavy atom. The molecule has 114 valence electrons. The molecule has 0 radical (unpaired) electrons. The van der Waals surface area contributed by atoms with Gasteiger partial charge in [-0.05, 0) is 31.5 Å². The Balaban J connectivity index is 2.10. The summed E-state index contributed by atoms with van der Waals surface area (Å²) in [7, 11) is 0. The molecule has 3 nitrogen and oxygen atoms in total. The molecule has 0 spiro atoms. The van der Waals surface area contributed by atoms with Gasteiger partial charge in [-0.2, -0.15) is 0 Å². The highest BCUT2D eigenvalue weighted by Crippen LogP contribution is 2.35. The summed E-state index contributed by atoms with van der Waals surface area (Å²) >= 11 is 7.40. The maximum atomic E-state index is 12.3. The fourth-order valence-corrected chi connectivity index (χ4v) is 3.50. The van der Waals surface area contributed by atoms with Crippen molar-refractivity contribution < 1.29 is 4.79 Å². The number of anilines is 1. The van der Waals surface area contributed by atoms with E-state index in [0.29, 0.717) is 15.6 Å². The Morgan fingerprint density at radius 2 is 2.19 bits per heavy atom. The van der Waals surface area contributed by atoms with Crippen LogP contribution in [0, 0.1) is 0 Å². The zero-order valence-corrected chi connectivity index (χ0v) is 14.0. The number of nitrogens with two attached hydrogens (primary N) is 1. The molecule has 1 aromatic carbocycles. The van der Waals surface area contributed by atoms with Crippen molar-refractivity contribution in [2.45, 2.75) is 45.6 Å². The molecule has 0 fully saturated rings. The van der Waals surface area contributed by atoms with Crippen molar-refractivity contribution in [1.29, 1.82) is 0 Å². The first-order valence-corrected chi connectivity index (χ1v) is 8.50.